The van der Waals surface area contributed by atoms with Gasteiger partial charge in [-0.1, -0.05) is 49.0 Å². The lowest BCUT2D eigenvalue weighted by molar-refractivity contribution is -0.137. The second-order valence-electron chi connectivity index (χ2n) is 7.90. The number of rotatable bonds is 7. The van der Waals surface area contributed by atoms with Crippen LogP contribution < -0.4 is 0 Å². The maximum Gasteiger partial charge on any atom is 0.416 e. The highest BCUT2D eigenvalue weighted by Gasteiger charge is 2.31. The summed E-state index contributed by atoms with van der Waals surface area (Å²) in [5.74, 6) is 0.592. The summed E-state index contributed by atoms with van der Waals surface area (Å²) in [5, 5.41) is 7.54. The topological polar surface area (TPSA) is 63.6 Å². The van der Waals surface area contributed by atoms with Crippen molar-refractivity contribution in [3.8, 4) is 17.1 Å². The number of nitrogens with one attached hydrogen (secondary N) is 1. The van der Waals surface area contributed by atoms with Crippen molar-refractivity contribution in [3.05, 3.63) is 82.7 Å². The number of ketones is 1. The van der Waals surface area contributed by atoms with Gasteiger partial charge in [0, 0.05) is 28.2 Å². The van der Waals surface area contributed by atoms with E-state index in [1.165, 1.54) is 23.4 Å². The largest absolute Gasteiger partial charge is 0.416 e. The summed E-state index contributed by atoms with van der Waals surface area (Å²) in [6.45, 7) is 5.59. The number of carbonyl (C=O) groups is 1. The lowest BCUT2D eigenvalue weighted by Crippen LogP contribution is -2.08. The molecule has 4 rings (SSSR count). The number of aromatic nitrogens is 4. The van der Waals surface area contributed by atoms with Crippen LogP contribution in [0.5, 0.6) is 0 Å². The smallest absolute Gasteiger partial charge is 0.318 e. The summed E-state index contributed by atoms with van der Waals surface area (Å²) in [7, 11) is 0. The Morgan fingerprint density at radius 1 is 1.09 bits per heavy atom. The molecule has 0 spiro atoms. The van der Waals surface area contributed by atoms with Gasteiger partial charge in [0.1, 0.15) is 0 Å². The Morgan fingerprint density at radius 3 is 2.50 bits per heavy atom. The van der Waals surface area contributed by atoms with Crippen molar-refractivity contribution in [3.63, 3.8) is 0 Å². The average molecular weight is 485 g/mol. The number of Topliss-reactive ketones (excluding diaryl/α,β-unsaturated/α-hetero) is 1. The number of benzene rings is 2. The van der Waals surface area contributed by atoms with Gasteiger partial charge in [0.05, 0.1) is 11.3 Å². The first-order chi connectivity index (χ1) is 16.2. The van der Waals surface area contributed by atoms with Gasteiger partial charge in [-0.25, -0.2) is 4.98 Å². The van der Waals surface area contributed by atoms with Crippen molar-refractivity contribution in [1.29, 1.82) is 0 Å². The molecule has 34 heavy (non-hydrogen) atoms. The van der Waals surface area contributed by atoms with Crippen LogP contribution in [0.25, 0.3) is 17.1 Å². The van der Waals surface area contributed by atoms with Crippen molar-refractivity contribution in [1.82, 2.24) is 19.7 Å². The van der Waals surface area contributed by atoms with Crippen molar-refractivity contribution >= 4 is 17.5 Å². The number of carbonyl (C=O) groups excluding carboxylic acids is 1. The molecule has 0 fully saturated rings. The SMILES string of the molecule is CCc1ccc(-c2nc(SCC(=O)c3cc(C)n(-c4cccc(C(F)(F)F)c4)c3C)n[nH]2)cc1. The Labute approximate surface area is 199 Å². The lowest BCUT2D eigenvalue weighted by atomic mass is 10.1. The fourth-order valence-corrected chi connectivity index (χ4v) is 4.49. The molecule has 0 saturated heterocycles. The van der Waals surface area contributed by atoms with E-state index < -0.39 is 11.7 Å². The van der Waals surface area contributed by atoms with Gasteiger partial charge in [-0.3, -0.25) is 9.89 Å². The number of hydrogen-bond donors (Lipinski definition) is 1. The molecule has 0 amide bonds. The van der Waals surface area contributed by atoms with Crippen molar-refractivity contribution in [2.75, 3.05) is 5.75 Å². The highest BCUT2D eigenvalue weighted by Crippen LogP contribution is 2.32. The van der Waals surface area contributed by atoms with Crippen LogP contribution in [0.4, 0.5) is 13.2 Å². The minimum atomic E-state index is -4.44. The quantitative estimate of drug-likeness (QED) is 0.242. The van der Waals surface area contributed by atoms with E-state index in [9.17, 15) is 18.0 Å². The second-order valence-corrected chi connectivity index (χ2v) is 8.84. The summed E-state index contributed by atoms with van der Waals surface area (Å²) in [4.78, 5) is 17.4. The van der Waals surface area contributed by atoms with Gasteiger partial charge in [0.15, 0.2) is 11.6 Å². The fraction of sp³-hybridized carbons (Fsp3) is 0.240. The summed E-state index contributed by atoms with van der Waals surface area (Å²) >= 11 is 1.21. The highest BCUT2D eigenvalue weighted by molar-refractivity contribution is 7.99. The van der Waals surface area contributed by atoms with Crippen LogP contribution >= 0.6 is 11.8 Å². The summed E-state index contributed by atoms with van der Waals surface area (Å²) < 4.78 is 41.1. The molecule has 0 saturated carbocycles. The first-order valence-electron chi connectivity index (χ1n) is 10.7. The minimum Gasteiger partial charge on any atom is -0.318 e. The van der Waals surface area contributed by atoms with E-state index in [1.807, 2.05) is 24.3 Å². The Bertz CT molecular complexity index is 1320. The fourth-order valence-electron chi connectivity index (χ4n) is 3.81. The number of alkyl halides is 3. The molecular weight excluding hydrogens is 461 g/mol. The van der Waals surface area contributed by atoms with Crippen molar-refractivity contribution < 1.29 is 18.0 Å². The van der Waals surface area contributed by atoms with E-state index >= 15 is 0 Å². The number of aryl methyl sites for hydroxylation is 2. The van der Waals surface area contributed by atoms with Gasteiger partial charge in [-0.2, -0.15) is 13.2 Å². The first kappa shape index (κ1) is 23.8. The zero-order valence-corrected chi connectivity index (χ0v) is 19.7. The van der Waals surface area contributed by atoms with E-state index in [0.29, 0.717) is 33.6 Å². The van der Waals surface area contributed by atoms with Crippen molar-refractivity contribution in [2.45, 2.75) is 38.5 Å². The molecule has 0 aliphatic rings. The van der Waals surface area contributed by atoms with E-state index in [-0.39, 0.29) is 11.5 Å². The third-order valence-electron chi connectivity index (χ3n) is 5.60. The maximum absolute atomic E-state index is 13.1. The molecule has 0 radical (unpaired) electrons. The normalized spacial score (nSPS) is 11.7. The highest BCUT2D eigenvalue weighted by atomic mass is 32.2. The average Bonchev–Trinajstić information content (AvgIpc) is 3.41. The van der Waals surface area contributed by atoms with Crippen LogP contribution in [0.15, 0.2) is 59.8 Å². The molecule has 2 aromatic heterocycles. The summed E-state index contributed by atoms with van der Waals surface area (Å²) in [6.07, 6.45) is -3.48. The maximum atomic E-state index is 13.1. The molecule has 0 aliphatic carbocycles. The summed E-state index contributed by atoms with van der Waals surface area (Å²) in [5.41, 5.74) is 3.51. The van der Waals surface area contributed by atoms with Gasteiger partial charge in [0.25, 0.3) is 0 Å². The molecule has 0 bridgehead atoms. The van der Waals surface area contributed by atoms with Gasteiger partial charge in [0.2, 0.25) is 5.16 Å². The first-order valence-corrected chi connectivity index (χ1v) is 11.7. The molecule has 4 aromatic rings. The Balaban J connectivity index is 1.49. The molecule has 0 aliphatic heterocycles. The number of thioether (sulfide) groups is 1. The van der Waals surface area contributed by atoms with E-state index in [4.69, 9.17) is 0 Å². The van der Waals surface area contributed by atoms with Crippen LogP contribution in [-0.2, 0) is 12.6 Å². The number of halogens is 3. The molecule has 0 atom stereocenters. The van der Waals surface area contributed by atoms with E-state index in [0.717, 1.165) is 24.1 Å². The number of H-pyrrole nitrogens is 1. The summed E-state index contributed by atoms with van der Waals surface area (Å²) in [6, 6.07) is 14.8. The minimum absolute atomic E-state index is 0.110. The van der Waals surface area contributed by atoms with Gasteiger partial charge < -0.3 is 4.57 Å². The molecule has 176 valence electrons. The van der Waals surface area contributed by atoms with Gasteiger partial charge >= 0.3 is 6.18 Å². The molecule has 5 nitrogen and oxygen atoms in total. The molecule has 2 heterocycles. The lowest BCUT2D eigenvalue weighted by Gasteiger charge is -2.13. The zero-order chi connectivity index (χ0) is 24.5. The Hall–Kier alpha value is -3.33. The monoisotopic (exact) mass is 484 g/mol. The molecular formula is C25H23F3N4OS. The van der Waals surface area contributed by atoms with E-state index in [2.05, 4.69) is 22.1 Å². The second kappa shape index (κ2) is 9.50. The Morgan fingerprint density at radius 2 is 1.82 bits per heavy atom. The standard InChI is InChI=1S/C25H23F3N4OS/c1-4-17-8-10-18(11-9-17)23-29-24(31-30-23)34-14-22(33)21-12-15(2)32(16(21)3)20-7-5-6-19(13-20)25(26,27)28/h5-13H,4,14H2,1-3H3,(H,29,30,31). The van der Waals surface area contributed by atoms with E-state index in [1.54, 1.807) is 30.5 Å². The van der Waals surface area contributed by atoms with Crippen LogP contribution in [0.2, 0.25) is 0 Å². The van der Waals surface area contributed by atoms with Crippen LogP contribution in [0, 0.1) is 13.8 Å². The number of nitrogens with zero attached hydrogens (tertiary/aromatic N) is 3. The molecule has 1 N–H and O–H groups in total. The van der Waals surface area contributed by atoms with Crippen molar-refractivity contribution in [2.24, 2.45) is 0 Å². The van der Waals surface area contributed by atoms with Gasteiger partial charge in [-0.05, 0) is 50.1 Å². The van der Waals surface area contributed by atoms with Crippen LogP contribution in [-0.4, -0.2) is 31.3 Å². The van der Waals surface area contributed by atoms with Crippen LogP contribution in [0.1, 0.15) is 39.8 Å². The number of aromatic amines is 1. The number of hydrogen-bond acceptors (Lipinski definition) is 4. The predicted octanol–water partition coefficient (Wildman–Crippen LogP) is 6.44. The molecule has 9 heteroatoms. The Kier molecular flexibility index (Phi) is 6.65. The third kappa shape index (κ3) is 4.94. The molecule has 2 aromatic carbocycles. The van der Waals surface area contributed by atoms with Gasteiger partial charge in [-0.15, -0.1) is 5.10 Å². The zero-order valence-electron chi connectivity index (χ0n) is 18.9. The molecule has 0 unspecified atom stereocenters. The van der Waals surface area contributed by atoms with Crippen LogP contribution in [0.3, 0.4) is 0 Å². The predicted molar refractivity (Wildman–Crippen MR) is 126 cm³/mol. The third-order valence-corrected chi connectivity index (χ3v) is 6.44.